The molecule has 0 aliphatic rings. The highest BCUT2D eigenvalue weighted by molar-refractivity contribution is 5.97. The van der Waals surface area contributed by atoms with Crippen molar-refractivity contribution in [3.05, 3.63) is 65.6 Å². The smallest absolute Gasteiger partial charge is 0.128 e. The maximum atomic E-state index is 13.7. The lowest BCUT2D eigenvalue weighted by atomic mass is 10.0. The van der Waals surface area contributed by atoms with Gasteiger partial charge in [0.25, 0.3) is 0 Å². The predicted octanol–water partition coefficient (Wildman–Crippen LogP) is 5.14. The number of H-pyrrole nitrogens is 1. The molecule has 0 amide bonds. The molecular weight excluding hydrogens is 275 g/mol. The number of hydrogen-bond donors (Lipinski definition) is 1. The molecule has 0 saturated carbocycles. The maximum absolute atomic E-state index is 13.7. The Kier molecular flexibility index (Phi) is 2.76. The summed E-state index contributed by atoms with van der Waals surface area (Å²) in [6.45, 7) is 3.88. The molecule has 0 spiro atoms. The van der Waals surface area contributed by atoms with Gasteiger partial charge in [0, 0.05) is 28.1 Å². The van der Waals surface area contributed by atoms with Crippen molar-refractivity contribution in [2.24, 2.45) is 0 Å². The average molecular weight is 290 g/mol. The van der Waals surface area contributed by atoms with Crippen molar-refractivity contribution >= 4 is 21.8 Å². The highest BCUT2D eigenvalue weighted by Crippen LogP contribution is 2.32. The van der Waals surface area contributed by atoms with Gasteiger partial charge >= 0.3 is 0 Å². The molecule has 0 bridgehead atoms. The van der Waals surface area contributed by atoms with Gasteiger partial charge in [0.05, 0.1) is 16.7 Å². The van der Waals surface area contributed by atoms with Crippen molar-refractivity contribution in [3.8, 4) is 11.3 Å². The Hall–Kier alpha value is -2.68. The number of para-hydroxylation sites is 1. The van der Waals surface area contributed by atoms with Crippen LogP contribution in [0.2, 0.25) is 0 Å². The van der Waals surface area contributed by atoms with Crippen LogP contribution in [0.1, 0.15) is 11.1 Å². The number of aromatic amines is 1. The summed E-state index contributed by atoms with van der Waals surface area (Å²) in [5, 5.41) is 2.16. The average Bonchev–Trinajstić information content (AvgIpc) is 2.95. The summed E-state index contributed by atoms with van der Waals surface area (Å²) in [6.07, 6.45) is 1.91. The van der Waals surface area contributed by atoms with Crippen LogP contribution < -0.4 is 0 Å². The van der Waals surface area contributed by atoms with E-state index >= 15 is 0 Å². The van der Waals surface area contributed by atoms with Crippen molar-refractivity contribution in [3.63, 3.8) is 0 Å². The van der Waals surface area contributed by atoms with Crippen LogP contribution in [0.25, 0.3) is 33.1 Å². The standard InChI is InChI=1S/C19H15FN2/c1-11-9-18(22-17-6-4-3-5-13(11)17)15-10-21-19-12(2)16(20)8-7-14(15)19/h3-10,21H,1-2H3. The van der Waals surface area contributed by atoms with E-state index in [0.717, 1.165) is 33.1 Å². The Morgan fingerprint density at radius 2 is 1.82 bits per heavy atom. The van der Waals surface area contributed by atoms with Gasteiger partial charge in [0.2, 0.25) is 0 Å². The number of aromatic nitrogens is 2. The van der Waals surface area contributed by atoms with Crippen molar-refractivity contribution in [1.29, 1.82) is 0 Å². The molecule has 2 aromatic carbocycles. The number of fused-ring (bicyclic) bond motifs is 2. The third kappa shape index (κ3) is 1.82. The fourth-order valence-corrected chi connectivity index (χ4v) is 3.02. The second-order valence-electron chi connectivity index (χ2n) is 5.64. The maximum Gasteiger partial charge on any atom is 0.128 e. The third-order valence-electron chi connectivity index (χ3n) is 4.25. The number of rotatable bonds is 1. The number of benzene rings is 2. The molecule has 108 valence electrons. The molecule has 0 aliphatic heterocycles. The van der Waals surface area contributed by atoms with E-state index in [1.165, 1.54) is 11.6 Å². The van der Waals surface area contributed by atoms with E-state index in [4.69, 9.17) is 4.98 Å². The molecule has 3 heteroatoms. The highest BCUT2D eigenvalue weighted by atomic mass is 19.1. The van der Waals surface area contributed by atoms with Gasteiger partial charge in [-0.2, -0.15) is 0 Å². The third-order valence-corrected chi connectivity index (χ3v) is 4.25. The molecule has 1 N–H and O–H groups in total. The molecule has 22 heavy (non-hydrogen) atoms. The minimum Gasteiger partial charge on any atom is -0.360 e. The van der Waals surface area contributed by atoms with E-state index in [0.29, 0.717) is 5.56 Å². The Morgan fingerprint density at radius 1 is 1.00 bits per heavy atom. The summed E-state index contributed by atoms with van der Waals surface area (Å²) in [6, 6.07) is 13.5. The van der Waals surface area contributed by atoms with Crippen LogP contribution in [0.3, 0.4) is 0 Å². The number of nitrogens with zero attached hydrogens (tertiary/aromatic N) is 1. The van der Waals surface area contributed by atoms with E-state index in [2.05, 4.69) is 24.0 Å². The van der Waals surface area contributed by atoms with Crippen LogP contribution in [-0.4, -0.2) is 9.97 Å². The first-order chi connectivity index (χ1) is 10.6. The normalized spacial score (nSPS) is 11.4. The summed E-state index contributed by atoms with van der Waals surface area (Å²) in [4.78, 5) is 7.95. The minimum atomic E-state index is -0.191. The first-order valence-electron chi connectivity index (χ1n) is 7.28. The summed E-state index contributed by atoms with van der Waals surface area (Å²) >= 11 is 0. The first kappa shape index (κ1) is 13.0. The molecule has 0 unspecified atom stereocenters. The lowest BCUT2D eigenvalue weighted by Gasteiger charge is -2.06. The summed E-state index contributed by atoms with van der Waals surface area (Å²) in [5.74, 6) is -0.191. The molecule has 0 saturated heterocycles. The van der Waals surface area contributed by atoms with Crippen molar-refractivity contribution in [2.75, 3.05) is 0 Å². The quantitative estimate of drug-likeness (QED) is 0.516. The predicted molar refractivity (Wildman–Crippen MR) is 88.5 cm³/mol. The molecule has 2 nitrogen and oxygen atoms in total. The van der Waals surface area contributed by atoms with Gasteiger partial charge in [-0.3, -0.25) is 0 Å². The Morgan fingerprint density at radius 3 is 2.68 bits per heavy atom. The second-order valence-corrected chi connectivity index (χ2v) is 5.64. The molecule has 2 aromatic heterocycles. The zero-order valence-electron chi connectivity index (χ0n) is 12.4. The van der Waals surface area contributed by atoms with E-state index in [1.54, 1.807) is 6.92 Å². The molecule has 2 heterocycles. The fourth-order valence-electron chi connectivity index (χ4n) is 3.02. The van der Waals surface area contributed by atoms with Crippen molar-refractivity contribution < 1.29 is 4.39 Å². The van der Waals surface area contributed by atoms with Crippen LogP contribution in [0, 0.1) is 19.7 Å². The largest absolute Gasteiger partial charge is 0.360 e. The minimum absolute atomic E-state index is 0.191. The second kappa shape index (κ2) is 4.67. The van der Waals surface area contributed by atoms with Crippen LogP contribution in [0.4, 0.5) is 4.39 Å². The summed E-state index contributed by atoms with van der Waals surface area (Å²) < 4.78 is 13.7. The van der Waals surface area contributed by atoms with Crippen LogP contribution in [-0.2, 0) is 0 Å². The van der Waals surface area contributed by atoms with Crippen LogP contribution in [0.5, 0.6) is 0 Å². The zero-order chi connectivity index (χ0) is 15.3. The van der Waals surface area contributed by atoms with Crippen LogP contribution in [0.15, 0.2) is 48.7 Å². The molecule has 0 atom stereocenters. The van der Waals surface area contributed by atoms with Gasteiger partial charge < -0.3 is 4.98 Å². The number of nitrogens with one attached hydrogen (secondary N) is 1. The molecular formula is C19H15FN2. The first-order valence-corrected chi connectivity index (χ1v) is 7.28. The van der Waals surface area contributed by atoms with Gasteiger partial charge in [-0.05, 0) is 43.7 Å². The van der Waals surface area contributed by atoms with E-state index in [-0.39, 0.29) is 5.82 Å². The van der Waals surface area contributed by atoms with Crippen LogP contribution >= 0.6 is 0 Å². The van der Waals surface area contributed by atoms with Crippen molar-refractivity contribution in [2.45, 2.75) is 13.8 Å². The van der Waals surface area contributed by atoms with Crippen molar-refractivity contribution in [1.82, 2.24) is 9.97 Å². The number of halogens is 1. The fraction of sp³-hybridized carbons (Fsp3) is 0.105. The van der Waals surface area contributed by atoms with Gasteiger partial charge in [-0.25, -0.2) is 9.37 Å². The SMILES string of the molecule is Cc1cc(-c2c[nH]c3c(C)c(F)ccc23)nc2ccccc12. The van der Waals surface area contributed by atoms with Gasteiger partial charge in [0.1, 0.15) is 5.82 Å². The molecule has 0 aliphatic carbocycles. The lowest BCUT2D eigenvalue weighted by molar-refractivity contribution is 0.620. The number of pyridine rings is 1. The Bertz CT molecular complexity index is 1010. The number of hydrogen-bond acceptors (Lipinski definition) is 1. The number of aryl methyl sites for hydroxylation is 2. The summed E-state index contributed by atoms with van der Waals surface area (Å²) in [7, 11) is 0. The van der Waals surface area contributed by atoms with Gasteiger partial charge in [0.15, 0.2) is 0 Å². The molecule has 4 aromatic rings. The highest BCUT2D eigenvalue weighted by Gasteiger charge is 2.12. The van der Waals surface area contributed by atoms with E-state index in [9.17, 15) is 4.39 Å². The Balaban J connectivity index is 2.01. The monoisotopic (exact) mass is 290 g/mol. The lowest BCUT2D eigenvalue weighted by Crippen LogP contribution is -1.88. The summed E-state index contributed by atoms with van der Waals surface area (Å²) in [5.41, 5.74) is 5.56. The van der Waals surface area contributed by atoms with E-state index in [1.807, 2.05) is 30.5 Å². The van der Waals surface area contributed by atoms with E-state index < -0.39 is 0 Å². The molecule has 4 rings (SSSR count). The molecule has 0 fully saturated rings. The molecule has 0 radical (unpaired) electrons. The van der Waals surface area contributed by atoms with Gasteiger partial charge in [-0.1, -0.05) is 18.2 Å². The topological polar surface area (TPSA) is 28.7 Å². The van der Waals surface area contributed by atoms with Gasteiger partial charge in [-0.15, -0.1) is 0 Å². The zero-order valence-corrected chi connectivity index (χ0v) is 12.4. The Labute approximate surface area is 127 Å².